The quantitative estimate of drug-likeness (QED) is 0.678. The number of alkyl carbamates (subject to hydrolysis) is 1. The molecule has 2 aliphatic rings. The fourth-order valence-corrected chi connectivity index (χ4v) is 3.26. The third-order valence-electron chi connectivity index (χ3n) is 4.69. The van der Waals surface area contributed by atoms with Gasteiger partial charge in [0.1, 0.15) is 5.60 Å². The number of nitrogens with one attached hydrogen (secondary N) is 2. The molecule has 0 unspecified atom stereocenters. The van der Waals surface area contributed by atoms with Gasteiger partial charge in [-0.3, -0.25) is 19.3 Å². The predicted molar refractivity (Wildman–Crippen MR) is 98.6 cm³/mol. The number of carbonyl (C=O) groups excluding carboxylic acids is 4. The van der Waals surface area contributed by atoms with Gasteiger partial charge in [-0.2, -0.15) is 0 Å². The van der Waals surface area contributed by atoms with E-state index in [4.69, 9.17) is 4.74 Å². The first kappa shape index (κ1) is 20.9. The van der Waals surface area contributed by atoms with Crippen molar-refractivity contribution in [3.63, 3.8) is 0 Å². The molecule has 0 spiro atoms. The van der Waals surface area contributed by atoms with Crippen LogP contribution < -0.4 is 10.6 Å². The van der Waals surface area contributed by atoms with Crippen LogP contribution in [-0.4, -0.2) is 54.0 Å². The van der Waals surface area contributed by atoms with E-state index >= 15 is 0 Å². The Kier molecular flexibility index (Phi) is 6.98. The van der Waals surface area contributed by atoms with E-state index in [1.165, 1.54) is 12.2 Å². The summed E-state index contributed by atoms with van der Waals surface area (Å²) in [6.45, 7) is 6.46. The number of carbonyl (C=O) groups is 4. The fraction of sp³-hybridized carbons (Fsp3) is 0.684. The van der Waals surface area contributed by atoms with Gasteiger partial charge in [0.05, 0.1) is 0 Å². The smallest absolute Gasteiger partial charge is 0.407 e. The van der Waals surface area contributed by atoms with Crippen LogP contribution in [0.3, 0.4) is 0 Å². The SMILES string of the molecule is CC(C)(C)OC(=O)NC[C@H]1CC[C@H](C(=O)NCCN2C(=O)C=CC2=O)CC1. The maximum absolute atomic E-state index is 12.3. The summed E-state index contributed by atoms with van der Waals surface area (Å²) in [5.74, 6) is -0.446. The second-order valence-electron chi connectivity index (χ2n) is 8.05. The van der Waals surface area contributed by atoms with Crippen molar-refractivity contribution < 1.29 is 23.9 Å². The number of rotatable bonds is 6. The molecule has 0 aromatic carbocycles. The lowest BCUT2D eigenvalue weighted by Crippen LogP contribution is -2.41. The van der Waals surface area contributed by atoms with Gasteiger partial charge in [-0.15, -0.1) is 0 Å². The lowest BCUT2D eigenvalue weighted by Gasteiger charge is -2.28. The molecule has 8 heteroatoms. The Morgan fingerprint density at radius 2 is 1.67 bits per heavy atom. The highest BCUT2D eigenvalue weighted by molar-refractivity contribution is 6.12. The number of amides is 4. The van der Waals surface area contributed by atoms with E-state index < -0.39 is 11.7 Å². The van der Waals surface area contributed by atoms with Crippen molar-refractivity contribution >= 4 is 23.8 Å². The number of imide groups is 1. The van der Waals surface area contributed by atoms with Crippen LogP contribution in [-0.2, 0) is 19.1 Å². The molecular formula is C19H29N3O5. The standard InChI is InChI=1S/C19H29N3O5/c1-19(2,3)27-18(26)21-12-13-4-6-14(7-5-13)17(25)20-10-11-22-15(23)8-9-16(22)24/h8-9,13-14H,4-7,10-12H2,1-3H3,(H,20,25)(H,21,26)/t13-,14-. The number of hydrogen-bond acceptors (Lipinski definition) is 5. The van der Waals surface area contributed by atoms with Gasteiger partial charge in [-0.25, -0.2) is 4.79 Å². The van der Waals surface area contributed by atoms with Crippen molar-refractivity contribution in [1.82, 2.24) is 15.5 Å². The van der Waals surface area contributed by atoms with E-state index in [9.17, 15) is 19.2 Å². The maximum atomic E-state index is 12.3. The first-order valence-corrected chi connectivity index (χ1v) is 9.44. The van der Waals surface area contributed by atoms with E-state index in [1.54, 1.807) is 0 Å². The third kappa shape index (κ3) is 6.69. The van der Waals surface area contributed by atoms with Crippen molar-refractivity contribution in [1.29, 1.82) is 0 Å². The van der Waals surface area contributed by atoms with Gasteiger partial charge < -0.3 is 15.4 Å². The topological polar surface area (TPSA) is 105 Å². The van der Waals surface area contributed by atoms with Crippen LogP contribution in [0.4, 0.5) is 4.79 Å². The number of nitrogens with zero attached hydrogens (tertiary/aromatic N) is 1. The van der Waals surface area contributed by atoms with E-state index in [1.807, 2.05) is 20.8 Å². The lowest BCUT2D eigenvalue weighted by molar-refractivity contribution is -0.137. The molecule has 1 heterocycles. The van der Waals surface area contributed by atoms with Gasteiger partial charge in [0, 0.05) is 37.7 Å². The molecular weight excluding hydrogens is 350 g/mol. The highest BCUT2D eigenvalue weighted by atomic mass is 16.6. The maximum Gasteiger partial charge on any atom is 0.407 e. The van der Waals surface area contributed by atoms with Crippen LogP contribution in [0.1, 0.15) is 46.5 Å². The second-order valence-corrected chi connectivity index (χ2v) is 8.05. The van der Waals surface area contributed by atoms with E-state index in [0.717, 1.165) is 30.6 Å². The summed E-state index contributed by atoms with van der Waals surface area (Å²) >= 11 is 0. The largest absolute Gasteiger partial charge is 0.444 e. The molecule has 0 bridgehead atoms. The molecule has 27 heavy (non-hydrogen) atoms. The fourth-order valence-electron chi connectivity index (χ4n) is 3.26. The minimum Gasteiger partial charge on any atom is -0.444 e. The Balaban J connectivity index is 1.62. The minimum atomic E-state index is -0.514. The first-order valence-electron chi connectivity index (χ1n) is 9.44. The zero-order valence-electron chi connectivity index (χ0n) is 16.2. The van der Waals surface area contributed by atoms with Crippen molar-refractivity contribution in [3.05, 3.63) is 12.2 Å². The Morgan fingerprint density at radius 3 is 2.22 bits per heavy atom. The van der Waals surface area contributed by atoms with Crippen LogP contribution in [0.25, 0.3) is 0 Å². The molecule has 2 rings (SSSR count). The van der Waals surface area contributed by atoms with Crippen LogP contribution in [0, 0.1) is 11.8 Å². The Hall–Kier alpha value is -2.38. The van der Waals surface area contributed by atoms with Crippen LogP contribution in [0.5, 0.6) is 0 Å². The Bertz CT molecular complexity index is 597. The first-order chi connectivity index (χ1) is 12.7. The van der Waals surface area contributed by atoms with E-state index in [0.29, 0.717) is 12.5 Å². The van der Waals surface area contributed by atoms with Gasteiger partial charge in [-0.05, 0) is 52.4 Å². The van der Waals surface area contributed by atoms with Gasteiger partial charge >= 0.3 is 6.09 Å². The summed E-state index contributed by atoms with van der Waals surface area (Å²) in [4.78, 5) is 48.0. The van der Waals surface area contributed by atoms with Crippen LogP contribution >= 0.6 is 0 Å². The van der Waals surface area contributed by atoms with E-state index in [2.05, 4.69) is 10.6 Å². The normalized spacial score (nSPS) is 22.7. The molecule has 1 aliphatic carbocycles. The molecule has 2 N–H and O–H groups in total. The van der Waals surface area contributed by atoms with E-state index in [-0.39, 0.29) is 36.7 Å². The summed E-state index contributed by atoms with van der Waals surface area (Å²) in [7, 11) is 0. The molecule has 0 atom stereocenters. The van der Waals surface area contributed by atoms with Crippen molar-refractivity contribution in [2.24, 2.45) is 11.8 Å². The van der Waals surface area contributed by atoms with Crippen LogP contribution in [0.2, 0.25) is 0 Å². The molecule has 150 valence electrons. The molecule has 4 amide bonds. The number of hydrogen-bond donors (Lipinski definition) is 2. The Labute approximate surface area is 159 Å². The zero-order chi connectivity index (χ0) is 20.0. The van der Waals surface area contributed by atoms with Gasteiger partial charge in [-0.1, -0.05) is 0 Å². The molecule has 0 radical (unpaired) electrons. The lowest BCUT2D eigenvalue weighted by atomic mass is 9.81. The molecule has 1 fully saturated rings. The van der Waals surface area contributed by atoms with Crippen molar-refractivity contribution in [3.8, 4) is 0 Å². The average molecular weight is 379 g/mol. The van der Waals surface area contributed by atoms with Crippen LogP contribution in [0.15, 0.2) is 12.2 Å². The summed E-state index contributed by atoms with van der Waals surface area (Å²) < 4.78 is 5.22. The van der Waals surface area contributed by atoms with Gasteiger partial charge in [0.15, 0.2) is 0 Å². The van der Waals surface area contributed by atoms with Crippen molar-refractivity contribution in [2.75, 3.05) is 19.6 Å². The monoisotopic (exact) mass is 379 g/mol. The highest BCUT2D eigenvalue weighted by Crippen LogP contribution is 2.28. The molecule has 8 nitrogen and oxygen atoms in total. The summed E-state index contributed by atoms with van der Waals surface area (Å²) in [5, 5.41) is 5.60. The van der Waals surface area contributed by atoms with Gasteiger partial charge in [0.25, 0.3) is 11.8 Å². The zero-order valence-corrected chi connectivity index (χ0v) is 16.2. The molecule has 0 aromatic rings. The molecule has 1 aliphatic heterocycles. The average Bonchev–Trinajstić information content (AvgIpc) is 2.91. The Morgan fingerprint density at radius 1 is 1.07 bits per heavy atom. The molecule has 0 saturated heterocycles. The molecule has 0 aromatic heterocycles. The third-order valence-corrected chi connectivity index (χ3v) is 4.69. The second kappa shape index (κ2) is 9.01. The summed E-state index contributed by atoms with van der Waals surface area (Å²) in [5.41, 5.74) is -0.514. The highest BCUT2D eigenvalue weighted by Gasteiger charge is 2.28. The predicted octanol–water partition coefficient (Wildman–Crippen LogP) is 1.36. The minimum absolute atomic E-state index is 0.0411. The van der Waals surface area contributed by atoms with Crippen molar-refractivity contribution in [2.45, 2.75) is 52.1 Å². The summed E-state index contributed by atoms with van der Waals surface area (Å²) in [6.07, 6.45) is 5.29. The van der Waals surface area contributed by atoms with Gasteiger partial charge in [0.2, 0.25) is 5.91 Å². The summed E-state index contributed by atoms with van der Waals surface area (Å²) in [6, 6.07) is 0. The molecule has 1 saturated carbocycles. The number of ether oxygens (including phenoxy) is 1.